The van der Waals surface area contributed by atoms with Crippen LogP contribution in [-0.4, -0.2) is 32.6 Å². The average Bonchev–Trinajstić information content (AvgIpc) is 3.31. The monoisotopic (exact) mass is 583 g/mol. The summed E-state index contributed by atoms with van der Waals surface area (Å²) in [6.45, 7) is 1.57. The summed E-state index contributed by atoms with van der Waals surface area (Å²) in [6.07, 6.45) is -0.393. The quantitative estimate of drug-likeness (QED) is 0.246. The van der Waals surface area contributed by atoms with E-state index in [0.717, 1.165) is 38.2 Å². The standard InChI is InChI=1S/C25H22Cl2F3N5O4/c1-13-10-14(26)11-16(23(36)31-15-6-3-2-4-7-15)21(13)32-24(37)19-12-20(25(28,29)30)33-34(19)22-17(27)8-5-9-18(22)35(38)39/h5,8-12,15H,2-4,6-7H2,1H3,(H,31,36)(H,32,37). The summed E-state index contributed by atoms with van der Waals surface area (Å²) in [5.41, 5.74) is -2.93. The molecule has 1 heterocycles. The molecule has 2 aromatic carbocycles. The lowest BCUT2D eigenvalue weighted by molar-refractivity contribution is -0.384. The summed E-state index contributed by atoms with van der Waals surface area (Å²) in [5.74, 6) is -1.61. The second-order valence-electron chi connectivity index (χ2n) is 9.10. The molecule has 4 rings (SSSR count). The number of para-hydroxylation sites is 1. The van der Waals surface area contributed by atoms with E-state index in [1.54, 1.807) is 6.92 Å². The number of nitro groups is 1. The van der Waals surface area contributed by atoms with E-state index >= 15 is 0 Å². The van der Waals surface area contributed by atoms with Crippen molar-refractivity contribution >= 4 is 46.4 Å². The Labute approximate surface area is 230 Å². The van der Waals surface area contributed by atoms with Crippen molar-refractivity contribution in [2.45, 2.75) is 51.2 Å². The number of carbonyl (C=O) groups is 2. The van der Waals surface area contributed by atoms with E-state index in [2.05, 4.69) is 15.7 Å². The number of nitrogens with one attached hydrogen (secondary N) is 2. The van der Waals surface area contributed by atoms with Crippen LogP contribution in [0.2, 0.25) is 10.0 Å². The maximum Gasteiger partial charge on any atom is 0.435 e. The maximum absolute atomic E-state index is 13.6. The number of carbonyl (C=O) groups excluding carboxylic acids is 2. The van der Waals surface area contributed by atoms with Crippen LogP contribution in [0.4, 0.5) is 24.5 Å². The summed E-state index contributed by atoms with van der Waals surface area (Å²) in [6, 6.07) is 6.70. The van der Waals surface area contributed by atoms with Gasteiger partial charge in [-0.15, -0.1) is 0 Å². The maximum atomic E-state index is 13.6. The van der Waals surface area contributed by atoms with Gasteiger partial charge >= 0.3 is 6.18 Å². The number of benzene rings is 2. The molecule has 2 N–H and O–H groups in total. The topological polar surface area (TPSA) is 119 Å². The summed E-state index contributed by atoms with van der Waals surface area (Å²) < 4.78 is 41.3. The number of hydrogen-bond acceptors (Lipinski definition) is 5. The third kappa shape index (κ3) is 6.17. The molecule has 1 aliphatic carbocycles. The van der Waals surface area contributed by atoms with Gasteiger partial charge in [0.2, 0.25) is 0 Å². The molecule has 39 heavy (non-hydrogen) atoms. The van der Waals surface area contributed by atoms with Crippen molar-refractivity contribution in [1.29, 1.82) is 0 Å². The molecule has 206 valence electrons. The predicted molar refractivity (Wildman–Crippen MR) is 139 cm³/mol. The van der Waals surface area contributed by atoms with Crippen LogP contribution in [0.15, 0.2) is 36.4 Å². The Morgan fingerprint density at radius 3 is 2.44 bits per heavy atom. The lowest BCUT2D eigenvalue weighted by Gasteiger charge is -2.24. The number of alkyl halides is 3. The number of aryl methyl sites for hydroxylation is 1. The third-order valence-corrected chi connectivity index (χ3v) is 6.85. The van der Waals surface area contributed by atoms with E-state index in [-0.39, 0.29) is 27.3 Å². The molecule has 0 spiro atoms. The number of anilines is 1. The second kappa shape index (κ2) is 11.2. The predicted octanol–water partition coefficient (Wildman–Crippen LogP) is 6.73. The van der Waals surface area contributed by atoms with Crippen LogP contribution in [0.5, 0.6) is 0 Å². The van der Waals surface area contributed by atoms with Gasteiger partial charge in [-0.05, 0) is 43.5 Å². The number of amides is 2. The molecule has 0 radical (unpaired) electrons. The van der Waals surface area contributed by atoms with Crippen molar-refractivity contribution < 1.29 is 27.7 Å². The van der Waals surface area contributed by atoms with E-state index in [1.165, 1.54) is 24.3 Å². The molecule has 0 unspecified atom stereocenters. The lowest BCUT2D eigenvalue weighted by atomic mass is 9.95. The summed E-state index contributed by atoms with van der Waals surface area (Å²) >= 11 is 12.3. The van der Waals surface area contributed by atoms with Gasteiger partial charge in [-0.3, -0.25) is 19.7 Å². The first kappa shape index (κ1) is 28.4. The van der Waals surface area contributed by atoms with Crippen LogP contribution in [0.1, 0.15) is 64.2 Å². The molecule has 0 saturated heterocycles. The molecule has 1 aromatic heterocycles. The second-order valence-corrected chi connectivity index (χ2v) is 9.94. The van der Waals surface area contributed by atoms with Crippen molar-refractivity contribution in [3.05, 3.63) is 79.1 Å². The minimum absolute atomic E-state index is 0.0183. The molecule has 1 saturated carbocycles. The van der Waals surface area contributed by atoms with Crippen LogP contribution in [0, 0.1) is 17.0 Å². The fourth-order valence-electron chi connectivity index (χ4n) is 4.49. The first-order chi connectivity index (χ1) is 18.4. The summed E-state index contributed by atoms with van der Waals surface area (Å²) in [4.78, 5) is 37.3. The van der Waals surface area contributed by atoms with Gasteiger partial charge in [-0.25, -0.2) is 4.68 Å². The van der Waals surface area contributed by atoms with Crippen molar-refractivity contribution in [2.75, 3.05) is 5.32 Å². The normalized spacial score (nSPS) is 14.2. The van der Waals surface area contributed by atoms with Gasteiger partial charge in [0.1, 0.15) is 5.69 Å². The van der Waals surface area contributed by atoms with E-state index in [1.807, 2.05) is 0 Å². The van der Waals surface area contributed by atoms with E-state index < -0.39 is 45.7 Å². The summed E-state index contributed by atoms with van der Waals surface area (Å²) in [7, 11) is 0. The van der Waals surface area contributed by atoms with Crippen LogP contribution in [0.25, 0.3) is 5.69 Å². The van der Waals surface area contributed by atoms with Gasteiger partial charge in [0, 0.05) is 23.2 Å². The van der Waals surface area contributed by atoms with Gasteiger partial charge in [0.15, 0.2) is 11.4 Å². The number of halogens is 5. The zero-order valence-corrected chi connectivity index (χ0v) is 22.0. The van der Waals surface area contributed by atoms with Crippen molar-refractivity contribution in [2.24, 2.45) is 0 Å². The molecule has 1 fully saturated rings. The van der Waals surface area contributed by atoms with E-state index in [0.29, 0.717) is 16.3 Å². The van der Waals surface area contributed by atoms with E-state index in [4.69, 9.17) is 23.2 Å². The Morgan fingerprint density at radius 2 is 1.79 bits per heavy atom. The largest absolute Gasteiger partial charge is 0.435 e. The average molecular weight is 584 g/mol. The van der Waals surface area contributed by atoms with Crippen LogP contribution >= 0.6 is 23.2 Å². The Hall–Kier alpha value is -3.64. The van der Waals surface area contributed by atoms with Crippen molar-refractivity contribution in [3.63, 3.8) is 0 Å². The molecule has 14 heteroatoms. The van der Waals surface area contributed by atoms with E-state index in [9.17, 15) is 32.9 Å². The Morgan fingerprint density at radius 1 is 1.10 bits per heavy atom. The molecule has 0 atom stereocenters. The number of aromatic nitrogens is 2. The van der Waals surface area contributed by atoms with Crippen molar-refractivity contribution in [1.82, 2.24) is 15.1 Å². The number of nitro benzene ring substituents is 1. The zero-order valence-electron chi connectivity index (χ0n) is 20.4. The summed E-state index contributed by atoms with van der Waals surface area (Å²) in [5, 5.41) is 20.4. The molecule has 9 nitrogen and oxygen atoms in total. The van der Waals surface area contributed by atoms with Crippen molar-refractivity contribution in [3.8, 4) is 5.69 Å². The first-order valence-corrected chi connectivity index (χ1v) is 12.6. The first-order valence-electron chi connectivity index (χ1n) is 11.9. The Kier molecular flexibility index (Phi) is 8.17. The Balaban J connectivity index is 1.78. The highest BCUT2D eigenvalue weighted by Crippen LogP contribution is 2.35. The lowest BCUT2D eigenvalue weighted by Crippen LogP contribution is -2.36. The minimum atomic E-state index is -4.97. The molecular weight excluding hydrogens is 562 g/mol. The fourth-order valence-corrected chi connectivity index (χ4v) is 5.01. The molecule has 0 bridgehead atoms. The van der Waals surface area contributed by atoms with Gasteiger partial charge in [0.25, 0.3) is 17.5 Å². The number of rotatable bonds is 6. The van der Waals surface area contributed by atoms with Gasteiger partial charge < -0.3 is 10.6 Å². The molecular formula is C25H22Cl2F3N5O4. The smallest absolute Gasteiger partial charge is 0.349 e. The van der Waals surface area contributed by atoms with Crippen LogP contribution in [-0.2, 0) is 6.18 Å². The van der Waals surface area contributed by atoms with Gasteiger partial charge in [-0.1, -0.05) is 48.5 Å². The van der Waals surface area contributed by atoms with Crippen LogP contribution in [0.3, 0.4) is 0 Å². The Bertz CT molecular complexity index is 1450. The number of hydrogen-bond donors (Lipinski definition) is 2. The molecule has 2 amide bonds. The molecule has 3 aromatic rings. The van der Waals surface area contributed by atoms with Gasteiger partial charge in [-0.2, -0.15) is 18.3 Å². The highest BCUT2D eigenvalue weighted by Gasteiger charge is 2.37. The van der Waals surface area contributed by atoms with Crippen LogP contribution < -0.4 is 10.6 Å². The minimum Gasteiger partial charge on any atom is -0.349 e. The molecule has 0 aliphatic heterocycles. The highest BCUT2D eigenvalue weighted by atomic mass is 35.5. The fraction of sp³-hybridized carbons (Fsp3) is 0.320. The molecule has 1 aliphatic rings. The third-order valence-electron chi connectivity index (χ3n) is 6.33. The number of nitrogens with zero attached hydrogens (tertiary/aromatic N) is 3. The van der Waals surface area contributed by atoms with Gasteiger partial charge in [0.05, 0.1) is 21.2 Å². The highest BCUT2D eigenvalue weighted by molar-refractivity contribution is 6.33. The zero-order chi connectivity index (χ0) is 28.5. The SMILES string of the molecule is Cc1cc(Cl)cc(C(=O)NC2CCCCC2)c1NC(=O)c1cc(C(F)(F)F)nn1-c1c(Cl)cccc1[N+](=O)[O-].